The standard InChI is InChI=1S/C13H23FN2O5S3/c1-13(2,3)21-12(18)15-4-6-22-23-7-5-16-9-10(8-11(16)17)24(14,19)20/h10H,4-9H2,1-3H3,(H,15,18). The monoisotopic (exact) mass is 402 g/mol. The fourth-order valence-corrected chi connectivity index (χ4v) is 4.51. The van der Waals surface area contributed by atoms with Gasteiger partial charge in [0.1, 0.15) is 10.9 Å². The Morgan fingerprint density at radius 1 is 1.38 bits per heavy atom. The Morgan fingerprint density at radius 3 is 2.54 bits per heavy atom. The molecule has 1 saturated heterocycles. The molecule has 0 bridgehead atoms. The molecule has 1 fully saturated rings. The van der Waals surface area contributed by atoms with Gasteiger partial charge in [0.05, 0.1) is 0 Å². The van der Waals surface area contributed by atoms with Crippen molar-refractivity contribution in [2.24, 2.45) is 0 Å². The maximum absolute atomic E-state index is 12.9. The predicted molar refractivity (Wildman–Crippen MR) is 94.2 cm³/mol. The molecule has 0 aliphatic carbocycles. The third kappa shape index (κ3) is 8.43. The van der Waals surface area contributed by atoms with Crippen molar-refractivity contribution in [2.75, 3.05) is 31.1 Å². The summed E-state index contributed by atoms with van der Waals surface area (Å²) in [5.41, 5.74) is -0.529. The Morgan fingerprint density at radius 2 is 2.00 bits per heavy atom. The molecule has 1 aliphatic rings. The van der Waals surface area contributed by atoms with Gasteiger partial charge in [-0.2, -0.15) is 8.42 Å². The molecule has 0 aromatic heterocycles. The lowest BCUT2D eigenvalue weighted by Gasteiger charge is -2.19. The van der Waals surface area contributed by atoms with Gasteiger partial charge in [-0.05, 0) is 20.8 Å². The Kier molecular flexibility index (Phi) is 8.13. The van der Waals surface area contributed by atoms with Gasteiger partial charge in [0, 0.05) is 37.6 Å². The number of nitrogens with one attached hydrogen (secondary N) is 1. The smallest absolute Gasteiger partial charge is 0.407 e. The molecule has 0 saturated carbocycles. The minimum atomic E-state index is -4.66. The highest BCUT2D eigenvalue weighted by atomic mass is 33.1. The number of rotatable bonds is 8. The molecular weight excluding hydrogens is 379 g/mol. The van der Waals surface area contributed by atoms with E-state index in [9.17, 15) is 21.9 Å². The van der Waals surface area contributed by atoms with Gasteiger partial charge in [-0.1, -0.05) is 21.6 Å². The summed E-state index contributed by atoms with van der Waals surface area (Å²) in [7, 11) is -1.64. The Balaban J connectivity index is 2.09. The van der Waals surface area contributed by atoms with Crippen LogP contribution in [0.3, 0.4) is 0 Å². The number of hydrogen-bond donors (Lipinski definition) is 1. The molecule has 7 nitrogen and oxygen atoms in total. The lowest BCUT2D eigenvalue weighted by Crippen LogP contribution is -2.33. The average molecular weight is 403 g/mol. The predicted octanol–water partition coefficient (Wildman–Crippen LogP) is 1.79. The Labute approximate surface area is 150 Å². The van der Waals surface area contributed by atoms with Crippen molar-refractivity contribution in [3.63, 3.8) is 0 Å². The van der Waals surface area contributed by atoms with Crippen molar-refractivity contribution in [3.05, 3.63) is 0 Å². The topological polar surface area (TPSA) is 92.8 Å². The quantitative estimate of drug-likeness (QED) is 0.376. The summed E-state index contributed by atoms with van der Waals surface area (Å²) in [5.74, 6) is 0.930. The van der Waals surface area contributed by atoms with Crippen molar-refractivity contribution < 1.29 is 26.6 Å². The highest BCUT2D eigenvalue weighted by molar-refractivity contribution is 8.76. The fraction of sp³-hybridized carbons (Fsp3) is 0.846. The highest BCUT2D eigenvalue weighted by Crippen LogP contribution is 2.23. The molecule has 11 heteroatoms. The first-order chi connectivity index (χ1) is 11.0. The molecule has 140 valence electrons. The fourth-order valence-electron chi connectivity index (χ4n) is 1.91. The molecule has 2 amide bonds. The molecule has 1 heterocycles. The minimum absolute atomic E-state index is 0.0803. The van der Waals surface area contributed by atoms with Crippen LogP contribution in [0.15, 0.2) is 0 Å². The normalized spacial score (nSPS) is 18.8. The van der Waals surface area contributed by atoms with Crippen molar-refractivity contribution >= 4 is 43.8 Å². The van der Waals surface area contributed by atoms with Crippen LogP contribution < -0.4 is 5.32 Å². The third-order valence-corrected chi connectivity index (χ3v) is 6.46. The molecule has 1 aliphatic heterocycles. The molecule has 24 heavy (non-hydrogen) atoms. The number of alkyl carbamates (subject to hydrolysis) is 1. The van der Waals surface area contributed by atoms with Crippen molar-refractivity contribution in [1.82, 2.24) is 10.2 Å². The summed E-state index contributed by atoms with van der Waals surface area (Å²) in [6.07, 6.45) is -0.745. The van der Waals surface area contributed by atoms with Gasteiger partial charge in [0.2, 0.25) is 5.91 Å². The number of carbonyl (C=O) groups excluding carboxylic acids is 2. The second kappa shape index (κ2) is 9.14. The molecule has 0 aromatic carbocycles. The van der Waals surface area contributed by atoms with Gasteiger partial charge in [-0.3, -0.25) is 4.79 Å². The first-order valence-electron chi connectivity index (χ1n) is 7.41. The van der Waals surface area contributed by atoms with Crippen molar-refractivity contribution in [1.29, 1.82) is 0 Å². The van der Waals surface area contributed by atoms with Gasteiger partial charge in [0.15, 0.2) is 0 Å². The summed E-state index contributed by atoms with van der Waals surface area (Å²) in [4.78, 5) is 24.4. The van der Waals surface area contributed by atoms with Crippen LogP contribution in [-0.4, -0.2) is 67.3 Å². The van der Waals surface area contributed by atoms with Crippen LogP contribution in [0.2, 0.25) is 0 Å². The average Bonchev–Trinajstić information content (AvgIpc) is 2.77. The molecule has 0 spiro atoms. The Bertz CT molecular complexity index is 550. The van der Waals surface area contributed by atoms with Crippen LogP contribution in [0.4, 0.5) is 8.68 Å². The minimum Gasteiger partial charge on any atom is -0.444 e. The van der Waals surface area contributed by atoms with Crippen LogP contribution in [-0.2, 0) is 19.8 Å². The molecular formula is C13H23FN2O5S3. The number of ether oxygens (including phenoxy) is 1. The van der Waals surface area contributed by atoms with Crippen molar-refractivity contribution in [3.8, 4) is 0 Å². The van der Waals surface area contributed by atoms with E-state index >= 15 is 0 Å². The molecule has 0 aromatic rings. The molecule has 1 N–H and O–H groups in total. The lowest BCUT2D eigenvalue weighted by molar-refractivity contribution is -0.127. The number of likely N-dealkylation sites (tertiary alicyclic amines) is 1. The van der Waals surface area contributed by atoms with E-state index in [-0.39, 0.29) is 18.9 Å². The zero-order chi connectivity index (χ0) is 18.4. The molecule has 0 radical (unpaired) electrons. The lowest BCUT2D eigenvalue weighted by atomic mass is 10.2. The van der Waals surface area contributed by atoms with Gasteiger partial charge >= 0.3 is 16.3 Å². The van der Waals surface area contributed by atoms with Crippen LogP contribution in [0.1, 0.15) is 27.2 Å². The summed E-state index contributed by atoms with van der Waals surface area (Å²) < 4.78 is 39.6. The summed E-state index contributed by atoms with van der Waals surface area (Å²) in [6, 6.07) is 0. The van der Waals surface area contributed by atoms with E-state index in [1.54, 1.807) is 20.8 Å². The SMILES string of the molecule is CC(C)(C)OC(=O)NCCSSCCN1CC(S(=O)(=O)F)CC1=O. The zero-order valence-corrected chi connectivity index (χ0v) is 16.4. The zero-order valence-electron chi connectivity index (χ0n) is 13.9. The van der Waals surface area contributed by atoms with Crippen LogP contribution in [0, 0.1) is 0 Å². The van der Waals surface area contributed by atoms with E-state index in [4.69, 9.17) is 4.74 Å². The van der Waals surface area contributed by atoms with Crippen LogP contribution in [0.5, 0.6) is 0 Å². The van der Waals surface area contributed by atoms with Gasteiger partial charge in [0.25, 0.3) is 0 Å². The number of nitrogens with zero attached hydrogens (tertiary/aromatic N) is 1. The van der Waals surface area contributed by atoms with E-state index in [1.165, 1.54) is 26.5 Å². The van der Waals surface area contributed by atoms with Gasteiger partial charge in [-0.15, -0.1) is 3.89 Å². The Hall–Kier alpha value is -0.680. The van der Waals surface area contributed by atoms with E-state index in [0.717, 1.165) is 0 Å². The van der Waals surface area contributed by atoms with E-state index < -0.39 is 27.2 Å². The van der Waals surface area contributed by atoms with E-state index in [1.807, 2.05) is 0 Å². The van der Waals surface area contributed by atoms with Gasteiger partial charge in [-0.25, -0.2) is 4.79 Å². The number of carbonyl (C=O) groups is 2. The first kappa shape index (κ1) is 21.4. The highest BCUT2D eigenvalue weighted by Gasteiger charge is 2.37. The molecule has 1 atom stereocenters. The summed E-state index contributed by atoms with van der Waals surface area (Å²) in [5, 5.41) is 1.40. The summed E-state index contributed by atoms with van der Waals surface area (Å²) >= 11 is 0. The third-order valence-electron chi connectivity index (χ3n) is 2.96. The van der Waals surface area contributed by atoms with Crippen molar-refractivity contribution in [2.45, 2.75) is 38.0 Å². The second-order valence-corrected chi connectivity index (χ2v) is 10.5. The van der Waals surface area contributed by atoms with Crippen LogP contribution >= 0.6 is 21.6 Å². The number of hydrogen-bond acceptors (Lipinski definition) is 7. The van der Waals surface area contributed by atoms with E-state index in [0.29, 0.717) is 24.6 Å². The molecule has 1 rings (SSSR count). The van der Waals surface area contributed by atoms with Crippen LogP contribution in [0.25, 0.3) is 0 Å². The van der Waals surface area contributed by atoms with Gasteiger partial charge < -0.3 is 15.0 Å². The molecule has 1 unspecified atom stereocenters. The second-order valence-electron chi connectivity index (χ2n) is 6.21. The summed E-state index contributed by atoms with van der Waals surface area (Å²) in [6.45, 7) is 6.11. The first-order valence-corrected chi connectivity index (χ1v) is 11.3. The largest absolute Gasteiger partial charge is 0.444 e. The maximum Gasteiger partial charge on any atom is 0.407 e. The maximum atomic E-state index is 12.9. The number of halogens is 1. The number of amides is 2. The van der Waals surface area contributed by atoms with E-state index in [2.05, 4.69) is 5.32 Å².